The molecule has 0 heterocycles. The molecule has 0 aliphatic carbocycles. The summed E-state index contributed by atoms with van der Waals surface area (Å²) in [5.74, 6) is 0.341. The Bertz CT molecular complexity index is 480. The van der Waals surface area contributed by atoms with Gasteiger partial charge >= 0.3 is 0 Å². The van der Waals surface area contributed by atoms with Gasteiger partial charge in [0.05, 0.1) is 0 Å². The fourth-order valence-electron chi connectivity index (χ4n) is 1.62. The first-order valence-electron chi connectivity index (χ1n) is 4.58. The molecule has 0 N–H and O–H groups in total. The third-order valence-corrected chi connectivity index (χ3v) is 2.68. The van der Waals surface area contributed by atoms with E-state index in [9.17, 15) is 8.78 Å². The van der Waals surface area contributed by atoms with E-state index in [1.165, 1.54) is 6.07 Å². The fourth-order valence-corrected chi connectivity index (χ4v) is 1.78. The molecular weight excluding hydrogens is 218 g/mol. The van der Waals surface area contributed by atoms with Crippen molar-refractivity contribution in [2.75, 3.05) is 0 Å². The lowest BCUT2D eigenvalue weighted by Crippen LogP contribution is -1.88. The van der Waals surface area contributed by atoms with Crippen molar-refractivity contribution >= 4 is 22.4 Å². The Labute approximate surface area is 91.5 Å². The van der Waals surface area contributed by atoms with E-state index in [2.05, 4.69) is 0 Å². The number of fused-ring (bicyclic) bond motifs is 1. The smallest absolute Gasteiger partial charge is 0.205 e. The molecule has 0 fully saturated rings. The van der Waals surface area contributed by atoms with E-state index in [1.54, 1.807) is 12.1 Å². The van der Waals surface area contributed by atoms with E-state index in [1.807, 2.05) is 18.2 Å². The van der Waals surface area contributed by atoms with Gasteiger partial charge in [0, 0.05) is 11.4 Å². The molecule has 0 aliphatic heterocycles. The van der Waals surface area contributed by atoms with Crippen LogP contribution in [0.1, 0.15) is 17.6 Å². The van der Waals surface area contributed by atoms with E-state index in [0.29, 0.717) is 11.3 Å². The van der Waals surface area contributed by atoms with Gasteiger partial charge in [0.15, 0.2) is 0 Å². The molecule has 3 heteroatoms. The van der Waals surface area contributed by atoms with Crippen molar-refractivity contribution in [1.82, 2.24) is 0 Å². The lowest BCUT2D eigenvalue weighted by molar-refractivity contribution is 0.153. The quantitative estimate of drug-likeness (QED) is 0.661. The minimum atomic E-state index is -2.45. The van der Waals surface area contributed by atoms with Gasteiger partial charge in [0.1, 0.15) is 0 Å². The number of halogens is 3. The third-order valence-electron chi connectivity index (χ3n) is 2.37. The Morgan fingerprint density at radius 3 is 2.60 bits per heavy atom. The molecule has 0 saturated carbocycles. The number of alkyl halides is 3. The van der Waals surface area contributed by atoms with Gasteiger partial charge in [-0.25, -0.2) is 8.78 Å². The maximum Gasteiger partial charge on any atom is 0.264 e. The van der Waals surface area contributed by atoms with E-state index in [4.69, 9.17) is 11.6 Å². The van der Waals surface area contributed by atoms with E-state index >= 15 is 0 Å². The number of hydrogen-bond acceptors (Lipinski definition) is 0. The summed E-state index contributed by atoms with van der Waals surface area (Å²) >= 11 is 5.67. The summed E-state index contributed by atoms with van der Waals surface area (Å²) in [6.45, 7) is 0. The number of hydrogen-bond donors (Lipinski definition) is 0. The number of benzene rings is 2. The third kappa shape index (κ3) is 1.95. The van der Waals surface area contributed by atoms with Gasteiger partial charge in [-0.05, 0) is 22.4 Å². The molecule has 0 atom stereocenters. The van der Waals surface area contributed by atoms with Gasteiger partial charge in [-0.15, -0.1) is 11.6 Å². The highest BCUT2D eigenvalue weighted by Gasteiger charge is 2.10. The van der Waals surface area contributed by atoms with Crippen LogP contribution in [-0.2, 0) is 5.88 Å². The van der Waals surface area contributed by atoms with Crippen LogP contribution in [0.5, 0.6) is 0 Å². The Morgan fingerprint density at radius 2 is 1.93 bits per heavy atom. The first kappa shape index (κ1) is 10.4. The first-order chi connectivity index (χ1) is 7.22. The lowest BCUT2D eigenvalue weighted by Gasteiger charge is -2.06. The monoisotopic (exact) mass is 226 g/mol. The molecule has 0 aromatic heterocycles. The van der Waals surface area contributed by atoms with Crippen LogP contribution in [0.25, 0.3) is 10.8 Å². The van der Waals surface area contributed by atoms with Crippen molar-refractivity contribution in [3.63, 3.8) is 0 Å². The zero-order chi connectivity index (χ0) is 10.8. The highest BCUT2D eigenvalue weighted by atomic mass is 35.5. The van der Waals surface area contributed by atoms with Crippen molar-refractivity contribution < 1.29 is 8.78 Å². The Morgan fingerprint density at radius 1 is 1.13 bits per heavy atom. The molecule has 0 amide bonds. The van der Waals surface area contributed by atoms with Crippen molar-refractivity contribution in [1.29, 1.82) is 0 Å². The Kier molecular flexibility index (Phi) is 2.87. The summed E-state index contributed by atoms with van der Waals surface area (Å²) < 4.78 is 25.4. The Balaban J connectivity index is 2.70. The van der Waals surface area contributed by atoms with E-state index < -0.39 is 6.43 Å². The lowest BCUT2D eigenvalue weighted by atomic mass is 10.0. The molecule has 0 unspecified atom stereocenters. The van der Waals surface area contributed by atoms with Crippen LogP contribution in [0.4, 0.5) is 8.78 Å². The minimum Gasteiger partial charge on any atom is -0.205 e. The van der Waals surface area contributed by atoms with Gasteiger partial charge in [0.25, 0.3) is 6.43 Å². The molecule has 0 aliphatic rings. The second-order valence-electron chi connectivity index (χ2n) is 3.34. The largest absolute Gasteiger partial charge is 0.264 e. The average Bonchev–Trinajstić information content (AvgIpc) is 2.27. The summed E-state index contributed by atoms with van der Waals surface area (Å²) in [6, 6.07) is 10.3. The number of rotatable bonds is 2. The summed E-state index contributed by atoms with van der Waals surface area (Å²) in [5.41, 5.74) is 0.928. The first-order valence-corrected chi connectivity index (χ1v) is 5.11. The van der Waals surface area contributed by atoms with E-state index in [0.717, 1.165) is 10.9 Å². The second-order valence-corrected chi connectivity index (χ2v) is 3.60. The van der Waals surface area contributed by atoms with Crippen LogP contribution in [0.15, 0.2) is 36.4 Å². The van der Waals surface area contributed by atoms with Gasteiger partial charge in [-0.3, -0.25) is 0 Å². The van der Waals surface area contributed by atoms with Crippen molar-refractivity contribution in [3.8, 4) is 0 Å². The highest BCUT2D eigenvalue weighted by Crippen LogP contribution is 2.28. The molecule has 2 aromatic carbocycles. The zero-order valence-electron chi connectivity index (χ0n) is 7.88. The maximum atomic E-state index is 12.7. The van der Waals surface area contributed by atoms with Crippen LogP contribution >= 0.6 is 11.6 Å². The molecule has 0 bridgehead atoms. The molecule has 78 valence electrons. The van der Waals surface area contributed by atoms with Crippen molar-refractivity contribution in [2.24, 2.45) is 0 Å². The average molecular weight is 227 g/mol. The summed E-state index contributed by atoms with van der Waals surface area (Å²) in [7, 11) is 0. The molecule has 15 heavy (non-hydrogen) atoms. The molecule has 0 radical (unpaired) electrons. The highest BCUT2D eigenvalue weighted by molar-refractivity contribution is 6.17. The molecule has 2 rings (SSSR count). The van der Waals surface area contributed by atoms with Crippen LogP contribution in [0.3, 0.4) is 0 Å². The van der Waals surface area contributed by atoms with Crippen molar-refractivity contribution in [2.45, 2.75) is 12.3 Å². The molecule has 0 saturated heterocycles. The van der Waals surface area contributed by atoms with Crippen LogP contribution in [0.2, 0.25) is 0 Å². The van der Waals surface area contributed by atoms with Crippen LogP contribution in [0, 0.1) is 0 Å². The van der Waals surface area contributed by atoms with Crippen LogP contribution < -0.4 is 0 Å². The normalized spacial score (nSPS) is 11.2. The topological polar surface area (TPSA) is 0 Å². The maximum absolute atomic E-state index is 12.7. The summed E-state index contributed by atoms with van der Waals surface area (Å²) in [4.78, 5) is 0. The minimum absolute atomic E-state index is 0.0690. The second kappa shape index (κ2) is 4.15. The Hall–Kier alpha value is -1.15. The van der Waals surface area contributed by atoms with Gasteiger partial charge < -0.3 is 0 Å². The predicted molar refractivity (Wildman–Crippen MR) is 58.5 cm³/mol. The zero-order valence-corrected chi connectivity index (χ0v) is 8.64. The fraction of sp³-hybridized carbons (Fsp3) is 0.167. The molecule has 2 aromatic rings. The van der Waals surface area contributed by atoms with Gasteiger partial charge in [0.2, 0.25) is 0 Å². The van der Waals surface area contributed by atoms with Gasteiger partial charge in [-0.1, -0.05) is 30.3 Å². The summed E-state index contributed by atoms with van der Waals surface area (Å²) in [6.07, 6.45) is -2.45. The van der Waals surface area contributed by atoms with Crippen LogP contribution in [-0.4, -0.2) is 0 Å². The standard InChI is InChI=1S/C12H9ClF2/c13-7-8-4-5-9-2-1-3-10(12(14)15)11(9)6-8/h1-6,12H,7H2. The predicted octanol–water partition coefficient (Wildman–Crippen LogP) is 4.52. The van der Waals surface area contributed by atoms with Crippen molar-refractivity contribution in [3.05, 3.63) is 47.5 Å². The SMILES string of the molecule is FC(F)c1cccc2ccc(CCl)cc12. The molecule has 0 spiro atoms. The van der Waals surface area contributed by atoms with E-state index in [-0.39, 0.29) is 5.56 Å². The van der Waals surface area contributed by atoms with Gasteiger partial charge in [-0.2, -0.15) is 0 Å². The molecular formula is C12H9ClF2. The summed E-state index contributed by atoms with van der Waals surface area (Å²) in [5, 5.41) is 1.41. The molecule has 0 nitrogen and oxygen atoms in total.